The Morgan fingerprint density at radius 3 is 2.60 bits per heavy atom. The number of halogens is 1. The number of carbonyl (C=O) groups excluding carboxylic acids is 1. The molecule has 110 valence electrons. The Kier molecular flexibility index (Phi) is 4.89. The Balaban J connectivity index is 2.10. The largest absolute Gasteiger partial charge is 0.481 e. The minimum absolute atomic E-state index is 0.00556. The van der Waals surface area contributed by atoms with Crippen molar-refractivity contribution in [2.24, 2.45) is 0 Å². The summed E-state index contributed by atoms with van der Waals surface area (Å²) in [6.07, 6.45) is 0.848. The zero-order valence-electron chi connectivity index (χ0n) is 11.8. The lowest BCUT2D eigenvalue weighted by molar-refractivity contribution is -0.136. The van der Waals surface area contributed by atoms with Crippen molar-refractivity contribution < 1.29 is 14.6 Å². The van der Waals surface area contributed by atoms with Crippen LogP contribution in [0.3, 0.4) is 0 Å². The first-order valence-electron chi connectivity index (χ1n) is 6.92. The van der Waals surface area contributed by atoms with E-state index in [1.165, 1.54) is 0 Å². The lowest BCUT2D eigenvalue weighted by Crippen LogP contribution is -2.38. The zero-order valence-corrected chi connectivity index (χ0v) is 12.6. The van der Waals surface area contributed by atoms with Crippen LogP contribution in [0.1, 0.15) is 38.4 Å². The average molecular weight is 298 g/mol. The van der Waals surface area contributed by atoms with Crippen LogP contribution in [0.5, 0.6) is 5.75 Å². The molecular weight excluding hydrogens is 278 g/mol. The van der Waals surface area contributed by atoms with Crippen LogP contribution < -0.4 is 4.74 Å². The van der Waals surface area contributed by atoms with Crippen LogP contribution in [0.2, 0.25) is 5.02 Å². The molecule has 1 aliphatic rings. The van der Waals surface area contributed by atoms with Gasteiger partial charge in [0.1, 0.15) is 5.75 Å². The molecule has 0 spiro atoms. The van der Waals surface area contributed by atoms with Gasteiger partial charge in [-0.3, -0.25) is 4.79 Å². The quantitative estimate of drug-likeness (QED) is 0.930. The van der Waals surface area contributed by atoms with Crippen LogP contribution >= 0.6 is 11.6 Å². The van der Waals surface area contributed by atoms with E-state index in [0.717, 1.165) is 25.9 Å². The molecule has 1 aliphatic heterocycles. The Morgan fingerprint density at radius 1 is 1.35 bits per heavy atom. The van der Waals surface area contributed by atoms with Gasteiger partial charge in [0.2, 0.25) is 0 Å². The number of benzene rings is 1. The highest BCUT2D eigenvalue weighted by molar-refractivity contribution is 6.30. The van der Waals surface area contributed by atoms with E-state index < -0.39 is 12.2 Å². The Labute approximate surface area is 124 Å². The number of hydrogen-bond donors (Lipinski definition) is 1. The molecule has 2 rings (SSSR count). The number of likely N-dealkylation sites (tertiary alicyclic amines) is 1. The summed E-state index contributed by atoms with van der Waals surface area (Å²) in [7, 11) is 0. The van der Waals surface area contributed by atoms with Crippen molar-refractivity contribution in [1.29, 1.82) is 0 Å². The minimum Gasteiger partial charge on any atom is -0.481 e. The van der Waals surface area contributed by atoms with Crippen LogP contribution in [-0.4, -0.2) is 35.1 Å². The van der Waals surface area contributed by atoms with Gasteiger partial charge >= 0.3 is 0 Å². The summed E-state index contributed by atoms with van der Waals surface area (Å²) in [6.45, 7) is 4.99. The third kappa shape index (κ3) is 3.44. The highest BCUT2D eigenvalue weighted by Crippen LogP contribution is 2.29. The van der Waals surface area contributed by atoms with Gasteiger partial charge in [0.15, 0.2) is 6.10 Å². The summed E-state index contributed by atoms with van der Waals surface area (Å²) in [6, 6.07) is 5.04. The summed E-state index contributed by atoms with van der Waals surface area (Å²) in [5.74, 6) is 0.499. The molecular formula is C15H20ClNO3. The Hall–Kier alpha value is -1.26. The molecule has 0 aromatic heterocycles. The molecule has 4 nitrogen and oxygen atoms in total. The molecule has 1 amide bonds. The second kappa shape index (κ2) is 6.46. The monoisotopic (exact) mass is 297 g/mol. The minimum atomic E-state index is -0.696. The number of carbonyl (C=O) groups is 1. The molecule has 1 fully saturated rings. The molecule has 1 heterocycles. The van der Waals surface area contributed by atoms with Crippen molar-refractivity contribution in [3.8, 4) is 5.75 Å². The number of nitrogens with zero attached hydrogens (tertiary/aromatic N) is 1. The topological polar surface area (TPSA) is 49.8 Å². The molecule has 2 atom stereocenters. The second-order valence-electron chi connectivity index (χ2n) is 5.15. The van der Waals surface area contributed by atoms with E-state index >= 15 is 0 Å². The van der Waals surface area contributed by atoms with Crippen LogP contribution in [-0.2, 0) is 4.79 Å². The molecule has 5 heteroatoms. The Morgan fingerprint density at radius 2 is 2.00 bits per heavy atom. The standard InChI is InChI=1S/C15H20ClNO3/c1-10(18)13-9-12(16)5-6-14(13)20-11(2)15(19)17-7-3-4-8-17/h5-6,9-11,18H,3-4,7-8H2,1-2H3/t10-,11?/m0/s1. The zero-order chi connectivity index (χ0) is 14.7. The molecule has 1 aromatic rings. The highest BCUT2D eigenvalue weighted by Gasteiger charge is 2.25. The maximum atomic E-state index is 12.2. The number of amides is 1. The third-order valence-electron chi connectivity index (χ3n) is 3.49. The van der Waals surface area contributed by atoms with E-state index in [-0.39, 0.29) is 5.91 Å². The van der Waals surface area contributed by atoms with Gasteiger partial charge in [-0.25, -0.2) is 0 Å². The van der Waals surface area contributed by atoms with Gasteiger partial charge in [0.05, 0.1) is 6.10 Å². The van der Waals surface area contributed by atoms with Crippen molar-refractivity contribution in [2.45, 2.75) is 38.9 Å². The lowest BCUT2D eigenvalue weighted by atomic mass is 10.1. The summed E-state index contributed by atoms with van der Waals surface area (Å²) < 4.78 is 5.73. The number of aliphatic hydroxyl groups excluding tert-OH is 1. The van der Waals surface area contributed by atoms with Crippen LogP contribution in [0.25, 0.3) is 0 Å². The molecule has 1 unspecified atom stereocenters. The van der Waals surface area contributed by atoms with Gasteiger partial charge in [-0.05, 0) is 44.9 Å². The lowest BCUT2D eigenvalue weighted by Gasteiger charge is -2.23. The maximum Gasteiger partial charge on any atom is 0.263 e. The van der Waals surface area contributed by atoms with Gasteiger partial charge in [-0.15, -0.1) is 0 Å². The smallest absolute Gasteiger partial charge is 0.263 e. The van der Waals surface area contributed by atoms with Gasteiger partial charge in [-0.2, -0.15) is 0 Å². The van der Waals surface area contributed by atoms with Crippen LogP contribution in [0.15, 0.2) is 18.2 Å². The normalized spacial score (nSPS) is 17.9. The summed E-state index contributed by atoms with van der Waals surface area (Å²) in [5, 5.41) is 10.3. The molecule has 1 aromatic carbocycles. The van der Waals surface area contributed by atoms with E-state index in [1.54, 1.807) is 32.0 Å². The Bertz CT molecular complexity index is 484. The second-order valence-corrected chi connectivity index (χ2v) is 5.59. The summed E-state index contributed by atoms with van der Waals surface area (Å²) in [4.78, 5) is 14.0. The maximum absolute atomic E-state index is 12.2. The molecule has 0 bridgehead atoms. The van der Waals surface area contributed by atoms with E-state index in [9.17, 15) is 9.90 Å². The summed E-state index contributed by atoms with van der Waals surface area (Å²) >= 11 is 5.92. The predicted octanol–water partition coefficient (Wildman–Crippen LogP) is 2.78. The van der Waals surface area contributed by atoms with Gasteiger partial charge in [0, 0.05) is 23.7 Å². The third-order valence-corrected chi connectivity index (χ3v) is 3.73. The molecule has 20 heavy (non-hydrogen) atoms. The van der Waals surface area contributed by atoms with Gasteiger partial charge in [-0.1, -0.05) is 11.6 Å². The van der Waals surface area contributed by atoms with Crippen molar-refractivity contribution in [1.82, 2.24) is 4.90 Å². The molecule has 1 N–H and O–H groups in total. The van der Waals surface area contributed by atoms with E-state index in [4.69, 9.17) is 16.3 Å². The van der Waals surface area contributed by atoms with Crippen molar-refractivity contribution in [3.05, 3.63) is 28.8 Å². The van der Waals surface area contributed by atoms with Crippen LogP contribution in [0, 0.1) is 0 Å². The average Bonchev–Trinajstić information content (AvgIpc) is 2.93. The fourth-order valence-electron chi connectivity index (χ4n) is 2.39. The molecule has 0 aliphatic carbocycles. The first-order valence-corrected chi connectivity index (χ1v) is 7.30. The molecule has 0 saturated carbocycles. The number of rotatable bonds is 4. The SMILES string of the molecule is CC(Oc1ccc(Cl)cc1[C@H](C)O)C(=O)N1CCCC1. The van der Waals surface area contributed by atoms with E-state index in [2.05, 4.69) is 0 Å². The number of hydrogen-bond acceptors (Lipinski definition) is 3. The van der Waals surface area contributed by atoms with E-state index in [1.807, 2.05) is 4.90 Å². The van der Waals surface area contributed by atoms with Crippen molar-refractivity contribution in [3.63, 3.8) is 0 Å². The molecule has 1 saturated heterocycles. The van der Waals surface area contributed by atoms with Gasteiger partial charge in [0.25, 0.3) is 5.91 Å². The number of aliphatic hydroxyl groups is 1. The highest BCUT2D eigenvalue weighted by atomic mass is 35.5. The van der Waals surface area contributed by atoms with Gasteiger partial charge < -0.3 is 14.7 Å². The first-order chi connectivity index (χ1) is 9.49. The number of ether oxygens (including phenoxy) is 1. The fraction of sp³-hybridized carbons (Fsp3) is 0.533. The first kappa shape index (κ1) is 15.1. The molecule has 0 radical (unpaired) electrons. The predicted molar refractivity (Wildman–Crippen MR) is 78.0 cm³/mol. The fourth-order valence-corrected chi connectivity index (χ4v) is 2.57. The van der Waals surface area contributed by atoms with Crippen LogP contribution in [0.4, 0.5) is 0 Å². The summed E-state index contributed by atoms with van der Waals surface area (Å²) in [5.41, 5.74) is 0.596. The van der Waals surface area contributed by atoms with E-state index in [0.29, 0.717) is 16.3 Å². The van der Waals surface area contributed by atoms with Crippen molar-refractivity contribution >= 4 is 17.5 Å². The van der Waals surface area contributed by atoms with Crippen molar-refractivity contribution in [2.75, 3.05) is 13.1 Å².